The predicted octanol–water partition coefficient (Wildman–Crippen LogP) is 4.93. The molecule has 0 amide bonds. The fraction of sp³-hybridized carbons (Fsp3) is 0.579. The van der Waals surface area contributed by atoms with Crippen molar-refractivity contribution >= 4 is 11.0 Å². The van der Waals surface area contributed by atoms with E-state index in [1.54, 1.807) is 7.11 Å². The Balaban J connectivity index is 1.53. The molecule has 0 unspecified atom stereocenters. The van der Waals surface area contributed by atoms with Crippen molar-refractivity contribution in [2.75, 3.05) is 7.11 Å². The Morgan fingerprint density at radius 1 is 1.00 bits per heavy atom. The summed E-state index contributed by atoms with van der Waals surface area (Å²) in [7, 11) is 1.68. The van der Waals surface area contributed by atoms with E-state index < -0.39 is 0 Å². The van der Waals surface area contributed by atoms with Gasteiger partial charge in [0.1, 0.15) is 5.69 Å². The highest BCUT2D eigenvalue weighted by molar-refractivity contribution is 5.74. The van der Waals surface area contributed by atoms with Crippen molar-refractivity contribution in [3.63, 3.8) is 0 Å². The molecule has 1 aliphatic carbocycles. The van der Waals surface area contributed by atoms with Crippen molar-refractivity contribution in [3.8, 4) is 5.88 Å². The van der Waals surface area contributed by atoms with Crippen LogP contribution < -0.4 is 4.74 Å². The van der Waals surface area contributed by atoms with Gasteiger partial charge in [-0.15, -0.1) is 0 Å². The van der Waals surface area contributed by atoms with Crippen LogP contribution in [0.4, 0.5) is 0 Å². The maximum atomic E-state index is 5.42. The van der Waals surface area contributed by atoms with E-state index in [-0.39, 0.29) is 0 Å². The molecule has 1 saturated carbocycles. The first-order valence-electron chi connectivity index (χ1n) is 8.66. The normalized spacial score (nSPS) is 15.5. The Morgan fingerprint density at radius 2 is 1.73 bits per heavy atom. The standard InChI is InChI=1S/C19H26N2O/c1-22-19-18(20-16-12-7-8-13-17(16)21-19)14-4-2-3-9-15-10-5-6-11-15/h7-8,12-13,15H,2-6,9-11,14H2,1H3. The molecular weight excluding hydrogens is 272 g/mol. The zero-order valence-corrected chi connectivity index (χ0v) is 13.6. The molecule has 1 heterocycles. The van der Waals surface area contributed by atoms with E-state index in [1.807, 2.05) is 24.3 Å². The van der Waals surface area contributed by atoms with E-state index >= 15 is 0 Å². The average molecular weight is 298 g/mol. The molecule has 2 aromatic rings. The molecule has 0 N–H and O–H groups in total. The van der Waals surface area contributed by atoms with Crippen LogP contribution in [-0.2, 0) is 6.42 Å². The van der Waals surface area contributed by atoms with E-state index in [2.05, 4.69) is 4.98 Å². The maximum absolute atomic E-state index is 5.42. The van der Waals surface area contributed by atoms with Crippen LogP contribution in [-0.4, -0.2) is 17.1 Å². The van der Waals surface area contributed by atoms with Crippen molar-refractivity contribution in [1.29, 1.82) is 0 Å². The number of fused-ring (bicyclic) bond motifs is 1. The number of nitrogens with zero attached hydrogens (tertiary/aromatic N) is 2. The van der Waals surface area contributed by atoms with Crippen molar-refractivity contribution in [2.24, 2.45) is 5.92 Å². The number of hydrogen-bond donors (Lipinski definition) is 0. The Kier molecular flexibility index (Phi) is 5.25. The van der Waals surface area contributed by atoms with E-state index in [0.29, 0.717) is 5.88 Å². The summed E-state index contributed by atoms with van der Waals surface area (Å²) in [6.45, 7) is 0. The average Bonchev–Trinajstić information content (AvgIpc) is 3.07. The smallest absolute Gasteiger partial charge is 0.235 e. The van der Waals surface area contributed by atoms with Crippen molar-refractivity contribution < 1.29 is 4.74 Å². The van der Waals surface area contributed by atoms with Crippen LogP contribution in [0.15, 0.2) is 24.3 Å². The van der Waals surface area contributed by atoms with Gasteiger partial charge in [0.05, 0.1) is 18.1 Å². The second-order valence-electron chi connectivity index (χ2n) is 6.42. The lowest BCUT2D eigenvalue weighted by molar-refractivity contribution is 0.390. The molecule has 3 nitrogen and oxygen atoms in total. The third-order valence-corrected chi connectivity index (χ3v) is 4.80. The summed E-state index contributed by atoms with van der Waals surface area (Å²) < 4.78 is 5.42. The van der Waals surface area contributed by atoms with Crippen LogP contribution >= 0.6 is 0 Å². The van der Waals surface area contributed by atoms with Gasteiger partial charge in [-0.1, -0.05) is 57.1 Å². The Labute approximate surface area is 133 Å². The highest BCUT2D eigenvalue weighted by Gasteiger charge is 2.14. The van der Waals surface area contributed by atoms with Gasteiger partial charge in [-0.05, 0) is 30.9 Å². The van der Waals surface area contributed by atoms with Gasteiger partial charge in [0.25, 0.3) is 0 Å². The number of methoxy groups -OCH3 is 1. The summed E-state index contributed by atoms with van der Waals surface area (Å²) in [6, 6.07) is 8.00. The van der Waals surface area contributed by atoms with Gasteiger partial charge in [-0.25, -0.2) is 9.97 Å². The van der Waals surface area contributed by atoms with Crippen LogP contribution in [0.3, 0.4) is 0 Å². The van der Waals surface area contributed by atoms with Gasteiger partial charge in [-0.3, -0.25) is 0 Å². The second kappa shape index (κ2) is 7.57. The molecule has 22 heavy (non-hydrogen) atoms. The van der Waals surface area contributed by atoms with Crippen LogP contribution in [0, 0.1) is 5.92 Å². The van der Waals surface area contributed by atoms with Crippen LogP contribution in [0.25, 0.3) is 11.0 Å². The Bertz CT molecular complexity index is 605. The molecule has 0 bridgehead atoms. The van der Waals surface area contributed by atoms with E-state index in [9.17, 15) is 0 Å². The Hall–Kier alpha value is -1.64. The number of unbranched alkanes of at least 4 members (excludes halogenated alkanes) is 2. The van der Waals surface area contributed by atoms with Gasteiger partial charge in [-0.2, -0.15) is 0 Å². The molecule has 0 spiro atoms. The first-order valence-corrected chi connectivity index (χ1v) is 8.66. The first-order chi connectivity index (χ1) is 10.9. The second-order valence-corrected chi connectivity index (χ2v) is 6.42. The highest BCUT2D eigenvalue weighted by atomic mass is 16.5. The monoisotopic (exact) mass is 298 g/mol. The van der Waals surface area contributed by atoms with Gasteiger partial charge in [0, 0.05) is 0 Å². The third-order valence-electron chi connectivity index (χ3n) is 4.80. The number of aromatic nitrogens is 2. The third kappa shape index (κ3) is 3.76. The van der Waals surface area contributed by atoms with Gasteiger partial charge >= 0.3 is 0 Å². The largest absolute Gasteiger partial charge is 0.480 e. The summed E-state index contributed by atoms with van der Waals surface area (Å²) in [5.41, 5.74) is 2.87. The fourth-order valence-corrected chi connectivity index (χ4v) is 3.55. The number of aryl methyl sites for hydroxylation is 1. The first kappa shape index (κ1) is 15.3. The number of rotatable bonds is 7. The van der Waals surface area contributed by atoms with E-state index in [0.717, 1.165) is 29.1 Å². The van der Waals surface area contributed by atoms with Crippen LogP contribution in [0.5, 0.6) is 5.88 Å². The van der Waals surface area contributed by atoms with Gasteiger partial charge in [0.15, 0.2) is 0 Å². The predicted molar refractivity (Wildman–Crippen MR) is 90.2 cm³/mol. The zero-order chi connectivity index (χ0) is 15.2. The molecule has 0 aliphatic heterocycles. The van der Waals surface area contributed by atoms with E-state index in [1.165, 1.54) is 51.4 Å². The summed E-state index contributed by atoms with van der Waals surface area (Å²) in [5.74, 6) is 1.70. The molecule has 0 saturated heterocycles. The van der Waals surface area contributed by atoms with Crippen LogP contribution in [0.2, 0.25) is 0 Å². The molecule has 3 heteroatoms. The Morgan fingerprint density at radius 3 is 2.45 bits per heavy atom. The maximum Gasteiger partial charge on any atom is 0.235 e. The number of para-hydroxylation sites is 2. The lowest BCUT2D eigenvalue weighted by atomic mass is 9.99. The van der Waals surface area contributed by atoms with Crippen molar-refractivity contribution in [3.05, 3.63) is 30.0 Å². The van der Waals surface area contributed by atoms with Gasteiger partial charge in [0.2, 0.25) is 5.88 Å². The molecule has 0 atom stereocenters. The number of hydrogen-bond acceptors (Lipinski definition) is 3. The molecular formula is C19H26N2O. The lowest BCUT2D eigenvalue weighted by Gasteiger charge is -2.10. The van der Waals surface area contributed by atoms with Gasteiger partial charge < -0.3 is 4.74 Å². The van der Waals surface area contributed by atoms with Crippen LogP contribution in [0.1, 0.15) is 57.1 Å². The quantitative estimate of drug-likeness (QED) is 0.680. The molecule has 0 radical (unpaired) electrons. The summed E-state index contributed by atoms with van der Waals surface area (Å²) >= 11 is 0. The molecule has 3 rings (SSSR count). The topological polar surface area (TPSA) is 35.0 Å². The SMILES string of the molecule is COc1nc2ccccc2nc1CCCCCC1CCCC1. The number of ether oxygens (including phenoxy) is 1. The molecule has 1 fully saturated rings. The summed E-state index contributed by atoms with van der Waals surface area (Å²) in [4.78, 5) is 9.30. The molecule has 1 aliphatic rings. The zero-order valence-electron chi connectivity index (χ0n) is 13.6. The minimum atomic E-state index is 0.689. The minimum Gasteiger partial charge on any atom is -0.480 e. The molecule has 1 aromatic carbocycles. The van der Waals surface area contributed by atoms with Crippen molar-refractivity contribution in [2.45, 2.75) is 57.8 Å². The summed E-state index contributed by atoms with van der Waals surface area (Å²) in [6.07, 6.45) is 12.0. The minimum absolute atomic E-state index is 0.689. The number of benzene rings is 1. The lowest BCUT2D eigenvalue weighted by Crippen LogP contribution is -2.00. The molecule has 118 valence electrons. The molecule has 1 aromatic heterocycles. The summed E-state index contributed by atoms with van der Waals surface area (Å²) in [5, 5.41) is 0. The fourth-order valence-electron chi connectivity index (χ4n) is 3.55. The highest BCUT2D eigenvalue weighted by Crippen LogP contribution is 2.29. The van der Waals surface area contributed by atoms with Crippen molar-refractivity contribution in [1.82, 2.24) is 9.97 Å². The van der Waals surface area contributed by atoms with E-state index in [4.69, 9.17) is 9.72 Å².